The van der Waals surface area contributed by atoms with Gasteiger partial charge in [0.05, 0.1) is 10.2 Å². The first-order valence-corrected chi connectivity index (χ1v) is 8.21. The summed E-state index contributed by atoms with van der Waals surface area (Å²) >= 11 is 4.94. The molecule has 2 amide bonds. The standard InChI is InChI=1S/C16H15BrN2O2S/c1-18-16(21)10-11-2-4-12(5-3-11)19-15(20)9-7-13-6-8-14(17)22-13/h2-9H,10H2,1H3,(H,18,21)(H,19,20)/b9-7+. The van der Waals surface area contributed by atoms with E-state index in [9.17, 15) is 9.59 Å². The molecule has 4 nitrogen and oxygen atoms in total. The number of rotatable bonds is 5. The van der Waals surface area contributed by atoms with Crippen molar-refractivity contribution in [3.63, 3.8) is 0 Å². The molecule has 2 N–H and O–H groups in total. The van der Waals surface area contributed by atoms with Gasteiger partial charge in [-0.05, 0) is 51.8 Å². The molecule has 6 heteroatoms. The number of thiophene rings is 1. The summed E-state index contributed by atoms with van der Waals surface area (Å²) in [5.74, 6) is -0.231. The summed E-state index contributed by atoms with van der Waals surface area (Å²) in [4.78, 5) is 24.1. The van der Waals surface area contributed by atoms with Gasteiger partial charge < -0.3 is 10.6 Å². The number of halogens is 1. The number of nitrogens with one attached hydrogen (secondary N) is 2. The van der Waals surface area contributed by atoms with Crippen LogP contribution in [0.1, 0.15) is 10.4 Å². The van der Waals surface area contributed by atoms with Crippen molar-refractivity contribution in [1.29, 1.82) is 0 Å². The average molecular weight is 379 g/mol. The molecule has 0 aliphatic rings. The van der Waals surface area contributed by atoms with E-state index in [2.05, 4.69) is 26.6 Å². The summed E-state index contributed by atoms with van der Waals surface area (Å²) < 4.78 is 1.03. The third-order valence-electron chi connectivity index (χ3n) is 2.86. The van der Waals surface area contributed by atoms with E-state index in [1.165, 1.54) is 6.08 Å². The van der Waals surface area contributed by atoms with E-state index in [0.717, 1.165) is 14.2 Å². The Balaban J connectivity index is 1.91. The fourth-order valence-electron chi connectivity index (χ4n) is 1.74. The van der Waals surface area contributed by atoms with E-state index < -0.39 is 0 Å². The zero-order chi connectivity index (χ0) is 15.9. The monoisotopic (exact) mass is 378 g/mol. The van der Waals surface area contributed by atoms with Gasteiger partial charge in [-0.15, -0.1) is 11.3 Å². The van der Waals surface area contributed by atoms with Crippen LogP contribution in [0.2, 0.25) is 0 Å². The molecule has 0 bridgehead atoms. The van der Waals surface area contributed by atoms with Crippen molar-refractivity contribution in [1.82, 2.24) is 5.32 Å². The molecule has 114 valence electrons. The second kappa shape index (κ2) is 7.91. The van der Waals surface area contributed by atoms with Gasteiger partial charge in [-0.25, -0.2) is 0 Å². The van der Waals surface area contributed by atoms with Crippen molar-refractivity contribution in [2.45, 2.75) is 6.42 Å². The summed E-state index contributed by atoms with van der Waals surface area (Å²) in [6.45, 7) is 0. The van der Waals surface area contributed by atoms with Crippen molar-refractivity contribution < 1.29 is 9.59 Å². The molecule has 0 unspecified atom stereocenters. The lowest BCUT2D eigenvalue weighted by atomic mass is 10.1. The van der Waals surface area contributed by atoms with E-state index in [0.29, 0.717) is 12.1 Å². The molecule has 2 aromatic rings. The van der Waals surface area contributed by atoms with Gasteiger partial charge in [-0.1, -0.05) is 12.1 Å². The van der Waals surface area contributed by atoms with Gasteiger partial charge in [0.15, 0.2) is 0 Å². The summed E-state index contributed by atoms with van der Waals surface area (Å²) in [5, 5.41) is 5.35. The highest BCUT2D eigenvalue weighted by Gasteiger charge is 2.02. The maximum Gasteiger partial charge on any atom is 0.248 e. The van der Waals surface area contributed by atoms with Crippen molar-refractivity contribution in [3.8, 4) is 0 Å². The van der Waals surface area contributed by atoms with E-state index >= 15 is 0 Å². The maximum absolute atomic E-state index is 11.8. The SMILES string of the molecule is CNC(=O)Cc1ccc(NC(=O)/C=C/c2ccc(Br)s2)cc1. The second-order valence-electron chi connectivity index (χ2n) is 4.51. The van der Waals surface area contributed by atoms with Gasteiger partial charge >= 0.3 is 0 Å². The highest BCUT2D eigenvalue weighted by atomic mass is 79.9. The Hall–Kier alpha value is -1.92. The minimum atomic E-state index is -0.191. The Morgan fingerprint density at radius 2 is 1.91 bits per heavy atom. The fraction of sp³-hybridized carbons (Fsp3) is 0.125. The third-order valence-corrected chi connectivity index (χ3v) is 4.45. The smallest absolute Gasteiger partial charge is 0.248 e. The molecule has 0 radical (unpaired) electrons. The number of benzene rings is 1. The predicted octanol–water partition coefficient (Wildman–Crippen LogP) is 3.45. The maximum atomic E-state index is 11.8. The number of amides is 2. The minimum absolute atomic E-state index is 0.0400. The molecule has 0 saturated carbocycles. The van der Waals surface area contributed by atoms with Crippen molar-refractivity contribution in [2.75, 3.05) is 12.4 Å². The first-order valence-electron chi connectivity index (χ1n) is 6.61. The van der Waals surface area contributed by atoms with Crippen LogP contribution in [0.25, 0.3) is 6.08 Å². The molecule has 0 spiro atoms. The molecule has 1 aromatic carbocycles. The molecule has 0 saturated heterocycles. The minimum Gasteiger partial charge on any atom is -0.359 e. The lowest BCUT2D eigenvalue weighted by molar-refractivity contribution is -0.120. The van der Waals surface area contributed by atoms with Gasteiger partial charge in [0.2, 0.25) is 11.8 Å². The van der Waals surface area contributed by atoms with Gasteiger partial charge in [-0.3, -0.25) is 9.59 Å². The molecule has 0 aliphatic carbocycles. The van der Waals surface area contributed by atoms with Gasteiger partial charge in [-0.2, -0.15) is 0 Å². The summed E-state index contributed by atoms with van der Waals surface area (Å²) in [5.41, 5.74) is 1.60. The molecule has 0 aliphatic heterocycles. The van der Waals surface area contributed by atoms with Crippen molar-refractivity contribution >= 4 is 50.8 Å². The number of carbonyl (C=O) groups excluding carboxylic acids is 2. The Morgan fingerprint density at radius 3 is 2.50 bits per heavy atom. The Bertz CT molecular complexity index is 692. The number of hydrogen-bond donors (Lipinski definition) is 2. The Kier molecular flexibility index (Phi) is 5.91. The van der Waals surface area contributed by atoms with Crippen LogP contribution in [0.5, 0.6) is 0 Å². The lowest BCUT2D eigenvalue weighted by Gasteiger charge is -2.04. The van der Waals surface area contributed by atoms with E-state index in [1.807, 2.05) is 24.3 Å². The Morgan fingerprint density at radius 1 is 1.18 bits per heavy atom. The fourth-order valence-corrected chi connectivity index (χ4v) is 3.07. The number of anilines is 1. The lowest BCUT2D eigenvalue weighted by Crippen LogP contribution is -2.19. The van der Waals surface area contributed by atoms with Crippen LogP contribution in [-0.2, 0) is 16.0 Å². The highest BCUT2D eigenvalue weighted by molar-refractivity contribution is 9.11. The van der Waals surface area contributed by atoms with Crippen LogP contribution >= 0.6 is 27.3 Å². The molecule has 2 rings (SSSR count). The second-order valence-corrected chi connectivity index (χ2v) is 7.01. The Labute approximate surface area is 141 Å². The highest BCUT2D eigenvalue weighted by Crippen LogP contribution is 2.23. The predicted molar refractivity (Wildman–Crippen MR) is 93.9 cm³/mol. The molecular weight excluding hydrogens is 364 g/mol. The van der Waals surface area contributed by atoms with Crippen LogP contribution < -0.4 is 10.6 Å². The van der Waals surface area contributed by atoms with Crippen molar-refractivity contribution in [2.24, 2.45) is 0 Å². The third kappa shape index (κ3) is 5.13. The number of hydrogen-bond acceptors (Lipinski definition) is 3. The molecular formula is C16H15BrN2O2S. The quantitative estimate of drug-likeness (QED) is 0.782. The van der Waals surface area contributed by atoms with Gasteiger partial charge in [0.1, 0.15) is 0 Å². The first-order chi connectivity index (χ1) is 10.6. The van der Waals surface area contributed by atoms with E-state index in [4.69, 9.17) is 0 Å². The van der Waals surface area contributed by atoms with Crippen LogP contribution in [0.3, 0.4) is 0 Å². The number of carbonyl (C=O) groups is 2. The summed E-state index contributed by atoms with van der Waals surface area (Å²) in [6, 6.07) is 11.1. The van der Waals surface area contributed by atoms with Crippen LogP contribution in [0.4, 0.5) is 5.69 Å². The largest absolute Gasteiger partial charge is 0.359 e. The normalized spacial score (nSPS) is 10.6. The summed E-state index contributed by atoms with van der Waals surface area (Å²) in [7, 11) is 1.61. The first kappa shape index (κ1) is 16.5. The van der Waals surface area contributed by atoms with Crippen LogP contribution in [0, 0.1) is 0 Å². The molecule has 1 heterocycles. The topological polar surface area (TPSA) is 58.2 Å². The van der Waals surface area contributed by atoms with E-state index in [-0.39, 0.29) is 11.8 Å². The van der Waals surface area contributed by atoms with Crippen molar-refractivity contribution in [3.05, 3.63) is 56.7 Å². The summed E-state index contributed by atoms with van der Waals surface area (Å²) in [6.07, 6.45) is 3.60. The molecule has 0 atom stereocenters. The zero-order valence-corrected chi connectivity index (χ0v) is 14.3. The molecule has 0 fully saturated rings. The van der Waals surface area contributed by atoms with E-state index in [1.54, 1.807) is 36.6 Å². The van der Waals surface area contributed by atoms with Gasteiger partial charge in [0, 0.05) is 23.7 Å². The zero-order valence-electron chi connectivity index (χ0n) is 11.9. The molecule has 1 aromatic heterocycles. The number of likely N-dealkylation sites (N-methyl/N-ethyl adjacent to an activating group) is 1. The van der Waals surface area contributed by atoms with Crippen LogP contribution in [0.15, 0.2) is 46.3 Å². The average Bonchev–Trinajstić information content (AvgIpc) is 2.92. The molecule has 22 heavy (non-hydrogen) atoms. The van der Waals surface area contributed by atoms with Crippen LogP contribution in [-0.4, -0.2) is 18.9 Å². The van der Waals surface area contributed by atoms with Gasteiger partial charge in [0.25, 0.3) is 0 Å².